The van der Waals surface area contributed by atoms with Crippen molar-refractivity contribution in [3.05, 3.63) is 95.5 Å². The van der Waals surface area contributed by atoms with Crippen molar-refractivity contribution >= 4 is 27.3 Å². The molecule has 0 N–H and O–H groups in total. The lowest BCUT2D eigenvalue weighted by Crippen LogP contribution is -2.46. The summed E-state index contributed by atoms with van der Waals surface area (Å²) < 4.78 is 33.2. The average molecular weight is 494 g/mol. The second kappa shape index (κ2) is 9.62. The lowest BCUT2D eigenvalue weighted by molar-refractivity contribution is 0.245. The van der Waals surface area contributed by atoms with Crippen molar-refractivity contribution in [3.63, 3.8) is 0 Å². The topological polar surface area (TPSA) is 66.7 Å². The van der Waals surface area contributed by atoms with Crippen LogP contribution in [0.25, 0.3) is 11.5 Å². The van der Waals surface area contributed by atoms with E-state index in [1.807, 2.05) is 23.1 Å². The summed E-state index contributed by atoms with van der Waals surface area (Å²) in [5.41, 5.74) is 1.93. The van der Waals surface area contributed by atoms with E-state index in [4.69, 9.17) is 16.0 Å². The second-order valence-electron chi connectivity index (χ2n) is 8.20. The molecular weight excluding hydrogens is 470 g/mol. The normalized spacial score (nSPS) is 14.9. The Balaban J connectivity index is 1.45. The van der Waals surface area contributed by atoms with Gasteiger partial charge in [0.05, 0.1) is 4.90 Å². The first-order valence-electron chi connectivity index (χ1n) is 11.1. The van der Waals surface area contributed by atoms with Crippen LogP contribution in [-0.4, -0.2) is 44.5 Å². The Labute approximate surface area is 204 Å². The summed E-state index contributed by atoms with van der Waals surface area (Å²) in [6.45, 7) is 3.71. The van der Waals surface area contributed by atoms with Crippen molar-refractivity contribution < 1.29 is 12.8 Å². The van der Waals surface area contributed by atoms with E-state index >= 15 is 0 Å². The number of nitrogens with zero attached hydrogens (tertiary/aromatic N) is 3. The number of hydrogen-bond donors (Lipinski definition) is 0. The molecule has 1 saturated heterocycles. The number of piperazine rings is 1. The Bertz CT molecular complexity index is 1350. The first-order valence-corrected chi connectivity index (χ1v) is 12.9. The molecule has 174 valence electrons. The third-order valence-electron chi connectivity index (χ3n) is 5.89. The largest absolute Gasteiger partial charge is 0.419 e. The molecule has 34 heavy (non-hydrogen) atoms. The SMILES string of the molecule is O=S(=O)(c1ccccc1)c1nc(-c2ccc(Cl)cc2)oc1N1CCN(Cc2ccccc2)CC1. The lowest BCUT2D eigenvalue weighted by Gasteiger charge is -2.34. The predicted octanol–water partition coefficient (Wildman–Crippen LogP) is 5.15. The van der Waals surface area contributed by atoms with Crippen molar-refractivity contribution in [1.29, 1.82) is 0 Å². The summed E-state index contributed by atoms with van der Waals surface area (Å²) in [4.78, 5) is 8.99. The highest BCUT2D eigenvalue weighted by atomic mass is 35.5. The molecular formula is C26H24ClN3O3S. The van der Waals surface area contributed by atoms with Crippen LogP contribution < -0.4 is 4.90 Å². The number of halogens is 1. The van der Waals surface area contributed by atoms with Crippen LogP contribution in [0.15, 0.2) is 99.3 Å². The molecule has 0 unspecified atom stereocenters. The molecule has 4 aromatic rings. The Kier molecular flexibility index (Phi) is 6.41. The van der Waals surface area contributed by atoms with Crippen LogP contribution in [0.3, 0.4) is 0 Å². The van der Waals surface area contributed by atoms with Crippen molar-refractivity contribution in [2.75, 3.05) is 31.1 Å². The predicted molar refractivity (Wildman–Crippen MR) is 133 cm³/mol. The van der Waals surface area contributed by atoms with Crippen LogP contribution in [0.5, 0.6) is 0 Å². The smallest absolute Gasteiger partial charge is 0.236 e. The summed E-state index contributed by atoms with van der Waals surface area (Å²) in [6, 6.07) is 25.7. The van der Waals surface area contributed by atoms with Crippen LogP contribution in [0.4, 0.5) is 5.88 Å². The van der Waals surface area contributed by atoms with Crippen molar-refractivity contribution in [2.24, 2.45) is 0 Å². The molecule has 1 fully saturated rings. The maximum atomic E-state index is 13.5. The summed E-state index contributed by atoms with van der Waals surface area (Å²) in [5.74, 6) is 0.543. The van der Waals surface area contributed by atoms with E-state index in [1.54, 1.807) is 54.6 Å². The summed E-state index contributed by atoms with van der Waals surface area (Å²) >= 11 is 6.02. The van der Waals surface area contributed by atoms with Crippen LogP contribution >= 0.6 is 11.6 Å². The minimum atomic E-state index is -3.86. The van der Waals surface area contributed by atoms with Gasteiger partial charge in [-0.1, -0.05) is 60.1 Å². The van der Waals surface area contributed by atoms with Crippen molar-refractivity contribution in [2.45, 2.75) is 16.5 Å². The fourth-order valence-corrected chi connectivity index (χ4v) is 5.52. The monoisotopic (exact) mass is 493 g/mol. The molecule has 8 heteroatoms. The molecule has 0 spiro atoms. The zero-order valence-electron chi connectivity index (χ0n) is 18.5. The van der Waals surface area contributed by atoms with Gasteiger partial charge in [-0.2, -0.15) is 4.98 Å². The lowest BCUT2D eigenvalue weighted by atomic mass is 10.2. The van der Waals surface area contributed by atoms with E-state index in [1.165, 1.54) is 5.56 Å². The maximum absolute atomic E-state index is 13.5. The van der Waals surface area contributed by atoms with Gasteiger partial charge in [-0.15, -0.1) is 0 Å². The molecule has 3 aromatic carbocycles. The zero-order valence-corrected chi connectivity index (χ0v) is 20.0. The Morgan fingerprint density at radius 3 is 2.09 bits per heavy atom. The molecule has 0 saturated carbocycles. The molecule has 0 radical (unpaired) electrons. The Hall–Kier alpha value is -3.13. The van der Waals surface area contributed by atoms with Crippen LogP contribution in [0, 0.1) is 0 Å². The van der Waals surface area contributed by atoms with E-state index in [0.29, 0.717) is 23.7 Å². The Morgan fingerprint density at radius 2 is 1.44 bits per heavy atom. The van der Waals surface area contributed by atoms with Gasteiger partial charge in [-0.05, 0) is 42.0 Å². The van der Waals surface area contributed by atoms with Gasteiger partial charge < -0.3 is 9.32 Å². The first kappa shape index (κ1) is 22.7. The molecule has 1 aliphatic heterocycles. The maximum Gasteiger partial charge on any atom is 0.236 e. The van der Waals surface area contributed by atoms with E-state index in [0.717, 1.165) is 19.6 Å². The Morgan fingerprint density at radius 1 is 0.824 bits per heavy atom. The highest BCUT2D eigenvalue weighted by Gasteiger charge is 2.32. The van der Waals surface area contributed by atoms with E-state index in [2.05, 4.69) is 22.0 Å². The van der Waals surface area contributed by atoms with Gasteiger partial charge in [0.1, 0.15) is 0 Å². The van der Waals surface area contributed by atoms with E-state index in [-0.39, 0.29) is 21.7 Å². The molecule has 1 aromatic heterocycles. The molecule has 0 aliphatic carbocycles. The minimum absolute atomic E-state index is 0.0554. The number of sulfone groups is 1. The summed E-state index contributed by atoms with van der Waals surface area (Å²) in [7, 11) is -3.86. The van der Waals surface area contributed by atoms with Gasteiger partial charge in [0.25, 0.3) is 0 Å². The van der Waals surface area contributed by atoms with Crippen LogP contribution in [0.1, 0.15) is 5.56 Å². The van der Waals surface area contributed by atoms with E-state index in [9.17, 15) is 8.42 Å². The van der Waals surface area contributed by atoms with Crippen molar-refractivity contribution in [3.8, 4) is 11.5 Å². The third-order valence-corrected chi connectivity index (χ3v) is 7.81. The van der Waals surface area contributed by atoms with E-state index < -0.39 is 9.84 Å². The number of aromatic nitrogens is 1. The van der Waals surface area contributed by atoms with Gasteiger partial charge in [-0.25, -0.2) is 8.42 Å². The molecule has 0 atom stereocenters. The fourth-order valence-electron chi connectivity index (χ4n) is 4.05. The molecule has 1 aliphatic rings. The number of oxazole rings is 1. The average Bonchev–Trinajstić information content (AvgIpc) is 3.33. The molecule has 6 nitrogen and oxygen atoms in total. The van der Waals surface area contributed by atoms with Crippen molar-refractivity contribution in [1.82, 2.24) is 9.88 Å². The van der Waals surface area contributed by atoms with Gasteiger partial charge in [-0.3, -0.25) is 4.90 Å². The highest BCUT2D eigenvalue weighted by molar-refractivity contribution is 7.91. The number of benzene rings is 3. The fraction of sp³-hybridized carbons (Fsp3) is 0.192. The quantitative estimate of drug-likeness (QED) is 0.370. The van der Waals surface area contributed by atoms with Crippen LogP contribution in [-0.2, 0) is 16.4 Å². The molecule has 2 heterocycles. The van der Waals surface area contributed by atoms with Crippen LogP contribution in [0.2, 0.25) is 5.02 Å². The highest BCUT2D eigenvalue weighted by Crippen LogP contribution is 2.35. The number of anilines is 1. The van der Waals surface area contributed by atoms with Gasteiger partial charge in [0.2, 0.25) is 26.6 Å². The van der Waals surface area contributed by atoms with Gasteiger partial charge >= 0.3 is 0 Å². The molecule has 0 amide bonds. The van der Waals surface area contributed by atoms with Gasteiger partial charge in [0.15, 0.2) is 0 Å². The number of rotatable bonds is 6. The summed E-state index contributed by atoms with van der Waals surface area (Å²) in [5, 5.41) is 0.530. The molecule has 5 rings (SSSR count). The van der Waals surface area contributed by atoms with Gasteiger partial charge in [0, 0.05) is 43.3 Å². The minimum Gasteiger partial charge on any atom is -0.419 e. The first-order chi connectivity index (χ1) is 16.5. The zero-order chi connectivity index (χ0) is 23.5. The molecule has 0 bridgehead atoms. The third kappa shape index (κ3) is 4.73. The number of hydrogen-bond acceptors (Lipinski definition) is 6. The second-order valence-corrected chi connectivity index (χ2v) is 10.5. The summed E-state index contributed by atoms with van der Waals surface area (Å²) in [6.07, 6.45) is 0. The standard InChI is InChI=1S/C26H24ClN3O3S/c27-22-13-11-21(12-14-22)24-28-25(34(31,32)23-9-5-2-6-10-23)26(33-24)30-17-15-29(16-18-30)19-20-7-3-1-4-8-20/h1-14H,15-19H2.